The Morgan fingerprint density at radius 2 is 0.690 bits per heavy atom. The smallest absolute Gasteiger partial charge is 0.196 e. The molecule has 10 nitrogen and oxygen atoms in total. The van der Waals surface area contributed by atoms with Crippen LogP contribution in [0.15, 0.2) is 84.9 Å². The fraction of sp³-hybridized carbons (Fsp3) is 0.0455. The Morgan fingerprint density at radius 1 is 0.379 bits per heavy atom. The molecule has 0 N–H and O–H groups in total. The zero-order valence-corrected chi connectivity index (χ0v) is 29.1. The van der Waals surface area contributed by atoms with Crippen LogP contribution >= 0.6 is 0 Å². The molecular formula is C44H14F4N10. The third-order valence-corrected chi connectivity index (χ3v) is 8.93. The van der Waals surface area contributed by atoms with Crippen molar-refractivity contribution >= 4 is 11.1 Å². The first-order valence-corrected chi connectivity index (χ1v) is 16.1. The van der Waals surface area contributed by atoms with Crippen LogP contribution in [0.1, 0.15) is 55.6 Å². The summed E-state index contributed by atoms with van der Waals surface area (Å²) >= 11 is 0. The van der Waals surface area contributed by atoms with Gasteiger partial charge in [0.1, 0.15) is 59.7 Å². The first kappa shape index (κ1) is 39.7. The first-order valence-electron chi connectivity index (χ1n) is 16.1. The summed E-state index contributed by atoms with van der Waals surface area (Å²) in [5.74, 6) is -8.96. The summed E-state index contributed by atoms with van der Waals surface area (Å²) in [4.78, 5) is 0. The van der Waals surface area contributed by atoms with Crippen molar-refractivity contribution in [1.82, 2.24) is 0 Å². The van der Waals surface area contributed by atoms with Crippen LogP contribution in [0.2, 0.25) is 0 Å². The van der Waals surface area contributed by atoms with Gasteiger partial charge in [0.2, 0.25) is 0 Å². The summed E-state index contributed by atoms with van der Waals surface area (Å²) in [5, 5.41) is 97.4. The van der Waals surface area contributed by atoms with Gasteiger partial charge in [-0.2, -0.15) is 70.2 Å². The number of nitrogens with zero attached hydrogens (tertiary/aromatic N) is 10. The predicted octanol–water partition coefficient (Wildman–Crippen LogP) is 6.93. The Morgan fingerprint density at radius 3 is 0.948 bits per heavy atom. The van der Waals surface area contributed by atoms with Crippen molar-refractivity contribution in [2.45, 2.75) is 11.8 Å². The van der Waals surface area contributed by atoms with Crippen LogP contribution in [-0.2, 0) is 11.8 Å². The molecule has 0 aliphatic carbocycles. The van der Waals surface area contributed by atoms with Gasteiger partial charge < -0.3 is 0 Å². The van der Waals surface area contributed by atoms with Crippen LogP contribution in [0.3, 0.4) is 0 Å². The number of benzene rings is 5. The quantitative estimate of drug-likeness (QED) is 0.162. The molecule has 0 aliphatic heterocycles. The minimum absolute atomic E-state index is 0.0722. The van der Waals surface area contributed by atoms with E-state index in [1.165, 1.54) is 24.3 Å². The van der Waals surface area contributed by atoms with Gasteiger partial charge in [0.25, 0.3) is 11.8 Å². The highest BCUT2D eigenvalue weighted by molar-refractivity contribution is 5.91. The SMILES string of the molecule is N#CC(C#N)=c1c(-c2ccc(C#N)c(C#N)c2)c(C(F)(F)c2ccc(C#N)cc2)c(=C(C#N)C#N)c(-c2ccc(C#N)c(C#N)c2)c1C(F)(F)c1ccc(C#N)cc1. The molecule has 0 unspecified atom stereocenters. The summed E-state index contributed by atoms with van der Waals surface area (Å²) in [6, 6.07) is 29.5. The zero-order valence-electron chi connectivity index (χ0n) is 29.1. The Hall–Kier alpha value is -9.54. The third-order valence-electron chi connectivity index (χ3n) is 8.93. The van der Waals surface area contributed by atoms with Gasteiger partial charge >= 0.3 is 0 Å². The van der Waals surface area contributed by atoms with Crippen LogP contribution in [0.4, 0.5) is 17.6 Å². The second-order valence-corrected chi connectivity index (χ2v) is 11.9. The molecule has 14 heteroatoms. The highest BCUT2D eigenvalue weighted by atomic mass is 19.3. The van der Waals surface area contributed by atoms with Crippen LogP contribution < -0.4 is 10.4 Å². The summed E-state index contributed by atoms with van der Waals surface area (Å²) in [6.07, 6.45) is 0. The molecule has 268 valence electrons. The molecule has 0 saturated carbocycles. The van der Waals surface area contributed by atoms with E-state index in [0.29, 0.717) is 0 Å². The molecule has 58 heavy (non-hydrogen) atoms. The van der Waals surface area contributed by atoms with E-state index in [9.17, 15) is 52.6 Å². The summed E-state index contributed by atoms with van der Waals surface area (Å²) < 4.78 is 71.3. The molecule has 5 aromatic rings. The monoisotopic (exact) mass is 758 g/mol. The normalized spacial score (nSPS) is 10.2. The van der Waals surface area contributed by atoms with Crippen molar-refractivity contribution in [2.75, 3.05) is 0 Å². The molecule has 0 aromatic heterocycles. The molecule has 0 amide bonds. The Balaban J connectivity index is 2.36. The fourth-order valence-corrected chi connectivity index (χ4v) is 6.31. The molecule has 0 bridgehead atoms. The van der Waals surface area contributed by atoms with Crippen molar-refractivity contribution in [3.05, 3.63) is 151 Å². The highest BCUT2D eigenvalue weighted by Gasteiger charge is 2.46. The fourth-order valence-electron chi connectivity index (χ4n) is 6.31. The largest absolute Gasteiger partial charge is 0.299 e. The lowest BCUT2D eigenvalue weighted by molar-refractivity contribution is 0.0380. The zero-order chi connectivity index (χ0) is 42.4. The highest BCUT2D eigenvalue weighted by Crippen LogP contribution is 2.45. The van der Waals surface area contributed by atoms with Crippen LogP contribution in [-0.4, -0.2) is 0 Å². The number of hydrogen-bond acceptors (Lipinski definition) is 10. The molecule has 0 aliphatic rings. The van der Waals surface area contributed by atoms with Gasteiger partial charge in [0, 0.05) is 43.8 Å². The first-order chi connectivity index (χ1) is 27.8. The lowest BCUT2D eigenvalue weighted by Gasteiger charge is -2.29. The number of hydrogen-bond donors (Lipinski definition) is 0. The molecule has 0 fully saturated rings. The van der Waals surface area contributed by atoms with E-state index >= 15 is 17.6 Å². The van der Waals surface area contributed by atoms with Crippen LogP contribution in [0.25, 0.3) is 33.4 Å². The number of alkyl halides is 4. The van der Waals surface area contributed by atoms with Crippen molar-refractivity contribution < 1.29 is 17.6 Å². The van der Waals surface area contributed by atoms with E-state index in [4.69, 9.17) is 0 Å². The predicted molar refractivity (Wildman–Crippen MR) is 193 cm³/mol. The van der Waals surface area contributed by atoms with Gasteiger partial charge in [-0.3, -0.25) is 0 Å². The van der Waals surface area contributed by atoms with Gasteiger partial charge in [-0.15, -0.1) is 0 Å². The third kappa shape index (κ3) is 6.62. The summed E-state index contributed by atoms with van der Waals surface area (Å²) in [6.45, 7) is 0. The topological polar surface area (TPSA) is 238 Å². The number of halogens is 4. The standard InChI is InChI=1S/C44H14F4N10/c45-43(46,35-9-1-25(15-49)2-10-35)41-37(27-5-7-29(17-51)31(13-27)19-53)40(34(23-57)24-58)42(44(47,48)36-11-3-26(16-50)4-12-36)38(39(41)33(21-55)22-56)28-6-8-30(18-52)32(14-28)20-54/h1-14H. The Labute approximate surface area is 326 Å². The Kier molecular flexibility index (Phi) is 10.8. The van der Waals surface area contributed by atoms with Crippen molar-refractivity contribution in [3.8, 4) is 82.9 Å². The maximum Gasteiger partial charge on any atom is 0.299 e. The van der Waals surface area contributed by atoms with Crippen LogP contribution in [0.5, 0.6) is 0 Å². The second kappa shape index (κ2) is 15.8. The van der Waals surface area contributed by atoms with Crippen LogP contribution in [0, 0.1) is 113 Å². The number of rotatable bonds is 6. The summed E-state index contributed by atoms with van der Waals surface area (Å²) in [5.41, 5.74) is -11.7. The molecule has 0 radical (unpaired) electrons. The molecule has 0 atom stereocenters. The second-order valence-electron chi connectivity index (χ2n) is 11.9. The van der Waals surface area contributed by atoms with E-state index in [0.717, 1.165) is 84.9 Å². The molecule has 0 heterocycles. The van der Waals surface area contributed by atoms with E-state index in [1.54, 1.807) is 36.4 Å². The Bertz CT molecular complexity index is 2920. The molecular weight excluding hydrogens is 745 g/mol. The maximum atomic E-state index is 17.8. The molecule has 5 rings (SSSR count). The van der Waals surface area contributed by atoms with Gasteiger partial charge in [-0.1, -0.05) is 36.4 Å². The van der Waals surface area contributed by atoms with E-state index in [2.05, 4.69) is 0 Å². The summed E-state index contributed by atoms with van der Waals surface area (Å²) in [7, 11) is 0. The van der Waals surface area contributed by atoms with Crippen molar-refractivity contribution in [3.63, 3.8) is 0 Å². The van der Waals surface area contributed by atoms with E-state index < -0.39 is 89.1 Å². The van der Waals surface area contributed by atoms with E-state index in [1.807, 2.05) is 0 Å². The lowest BCUT2D eigenvalue weighted by Crippen LogP contribution is -2.39. The van der Waals surface area contributed by atoms with Gasteiger partial charge in [0.05, 0.1) is 45.5 Å². The minimum Gasteiger partial charge on any atom is -0.196 e. The van der Waals surface area contributed by atoms with Gasteiger partial charge in [-0.05, 0) is 59.7 Å². The van der Waals surface area contributed by atoms with Gasteiger partial charge in [0.15, 0.2) is 0 Å². The number of nitriles is 10. The average Bonchev–Trinajstić information content (AvgIpc) is 3.26. The molecule has 5 aromatic carbocycles. The van der Waals surface area contributed by atoms with Gasteiger partial charge in [-0.25, -0.2) is 0 Å². The average molecular weight is 759 g/mol. The van der Waals surface area contributed by atoms with Crippen molar-refractivity contribution in [1.29, 1.82) is 52.6 Å². The lowest BCUT2D eigenvalue weighted by atomic mass is 9.77. The van der Waals surface area contributed by atoms with Crippen molar-refractivity contribution in [2.24, 2.45) is 0 Å². The molecule has 0 spiro atoms. The van der Waals surface area contributed by atoms with E-state index in [-0.39, 0.29) is 22.3 Å². The minimum atomic E-state index is -4.48. The maximum absolute atomic E-state index is 17.8. The molecule has 0 saturated heterocycles.